The molecule has 1 aromatic rings. The van der Waals surface area contributed by atoms with Gasteiger partial charge in [0.05, 0.1) is 0 Å². The van der Waals surface area contributed by atoms with E-state index in [0.29, 0.717) is 17.9 Å². The fourth-order valence-corrected chi connectivity index (χ4v) is 2.64. The second-order valence-electron chi connectivity index (χ2n) is 6.39. The van der Waals surface area contributed by atoms with Gasteiger partial charge >= 0.3 is 0 Å². The molecule has 0 aromatic heterocycles. The zero-order chi connectivity index (χ0) is 15.8. The Morgan fingerprint density at radius 2 is 1.48 bits per heavy atom. The van der Waals surface area contributed by atoms with Crippen LogP contribution < -0.4 is 10.1 Å². The van der Waals surface area contributed by atoms with Crippen LogP contribution in [0.2, 0.25) is 0 Å². The Morgan fingerprint density at radius 3 is 1.90 bits per heavy atom. The fourth-order valence-electron chi connectivity index (χ4n) is 2.64. The summed E-state index contributed by atoms with van der Waals surface area (Å²) in [5.41, 5.74) is 2.65. The van der Waals surface area contributed by atoms with Crippen molar-refractivity contribution < 1.29 is 4.74 Å². The number of para-hydroxylation sites is 1. The minimum Gasteiger partial charge on any atom is -0.492 e. The summed E-state index contributed by atoms with van der Waals surface area (Å²) < 4.78 is 6.17. The zero-order valence-electron chi connectivity index (χ0n) is 14.7. The maximum absolute atomic E-state index is 6.17. The average Bonchev–Trinajstić information content (AvgIpc) is 2.46. The van der Waals surface area contributed by atoms with Crippen LogP contribution in [0, 0.1) is 0 Å². The third kappa shape index (κ3) is 5.35. The highest BCUT2D eigenvalue weighted by Crippen LogP contribution is 2.34. The predicted octanol–water partition coefficient (Wildman–Crippen LogP) is 5.09. The van der Waals surface area contributed by atoms with Crippen molar-refractivity contribution in [1.82, 2.24) is 5.32 Å². The molecular weight excluding hydrogens is 258 g/mol. The van der Waals surface area contributed by atoms with Crippen LogP contribution in [0.1, 0.15) is 77.3 Å². The van der Waals surface area contributed by atoms with Crippen molar-refractivity contribution in [2.75, 3.05) is 13.2 Å². The van der Waals surface area contributed by atoms with Crippen LogP contribution >= 0.6 is 0 Å². The molecule has 0 spiro atoms. The number of hydrogen-bond acceptors (Lipinski definition) is 2. The Labute approximate surface area is 131 Å². The normalized spacial score (nSPS) is 11.7. The third-order valence-electron chi connectivity index (χ3n) is 4.09. The van der Waals surface area contributed by atoms with Crippen molar-refractivity contribution in [1.29, 1.82) is 0 Å². The molecule has 0 radical (unpaired) electrons. The van der Waals surface area contributed by atoms with Crippen LogP contribution in [0.15, 0.2) is 18.2 Å². The summed E-state index contributed by atoms with van der Waals surface area (Å²) in [6.07, 6.45) is 2.35. The molecule has 2 heteroatoms. The van der Waals surface area contributed by atoms with Gasteiger partial charge in [-0.3, -0.25) is 0 Å². The molecule has 0 aliphatic rings. The lowest BCUT2D eigenvalue weighted by molar-refractivity contribution is 0.295. The summed E-state index contributed by atoms with van der Waals surface area (Å²) in [6, 6.07) is 7.15. The predicted molar refractivity (Wildman–Crippen MR) is 92.5 cm³/mol. The topological polar surface area (TPSA) is 21.3 Å². The van der Waals surface area contributed by atoms with Crippen molar-refractivity contribution in [3.63, 3.8) is 0 Å². The molecule has 0 unspecified atom stereocenters. The van der Waals surface area contributed by atoms with E-state index in [1.165, 1.54) is 24.0 Å². The molecule has 1 rings (SSSR count). The smallest absolute Gasteiger partial charge is 0.126 e. The van der Waals surface area contributed by atoms with Crippen molar-refractivity contribution in [3.05, 3.63) is 29.3 Å². The molecule has 1 N–H and O–H groups in total. The Hall–Kier alpha value is -1.02. The first-order chi connectivity index (χ1) is 10.0. The standard InChI is InChI=1S/C19H33NO/c1-7-16(8-2)20-12-13-21-19-17(14(3)4)10-9-11-18(19)15(5)6/h9-11,14-16,20H,7-8,12-13H2,1-6H3. The molecule has 1 aromatic carbocycles. The molecule has 0 amide bonds. The van der Waals surface area contributed by atoms with Crippen LogP contribution in [0.5, 0.6) is 5.75 Å². The minimum absolute atomic E-state index is 0.491. The molecule has 0 saturated carbocycles. The summed E-state index contributed by atoms with van der Waals surface area (Å²) >= 11 is 0. The van der Waals surface area contributed by atoms with Gasteiger partial charge in [0.2, 0.25) is 0 Å². The lowest BCUT2D eigenvalue weighted by Crippen LogP contribution is -2.31. The van der Waals surface area contributed by atoms with Crippen molar-refractivity contribution in [2.45, 2.75) is 72.3 Å². The first-order valence-electron chi connectivity index (χ1n) is 8.50. The number of benzene rings is 1. The van der Waals surface area contributed by atoms with Crippen LogP contribution in [0.4, 0.5) is 0 Å². The molecular formula is C19H33NO. The number of rotatable bonds is 9. The highest BCUT2D eigenvalue weighted by atomic mass is 16.5. The number of ether oxygens (including phenoxy) is 1. The van der Waals surface area contributed by atoms with Gasteiger partial charge in [0.1, 0.15) is 12.4 Å². The second-order valence-corrected chi connectivity index (χ2v) is 6.39. The Bertz CT molecular complexity index is 382. The van der Waals surface area contributed by atoms with Gasteiger partial charge in [0.15, 0.2) is 0 Å². The Kier molecular flexibility index (Phi) is 7.81. The molecule has 0 aliphatic carbocycles. The molecule has 0 bridgehead atoms. The molecule has 0 heterocycles. The average molecular weight is 291 g/mol. The van der Waals surface area contributed by atoms with Crippen LogP contribution in [0.3, 0.4) is 0 Å². The molecule has 2 nitrogen and oxygen atoms in total. The Balaban J connectivity index is 2.72. The highest BCUT2D eigenvalue weighted by Gasteiger charge is 2.14. The van der Waals surface area contributed by atoms with E-state index in [2.05, 4.69) is 65.1 Å². The lowest BCUT2D eigenvalue weighted by Gasteiger charge is -2.21. The van der Waals surface area contributed by atoms with E-state index in [1.54, 1.807) is 0 Å². The van der Waals surface area contributed by atoms with Gasteiger partial charge in [-0.25, -0.2) is 0 Å². The second kappa shape index (κ2) is 9.09. The van der Waals surface area contributed by atoms with Gasteiger partial charge in [-0.1, -0.05) is 59.7 Å². The minimum atomic E-state index is 0.491. The summed E-state index contributed by atoms with van der Waals surface area (Å²) in [5, 5.41) is 3.56. The van der Waals surface area contributed by atoms with Gasteiger partial charge in [0, 0.05) is 12.6 Å². The molecule has 0 aliphatic heterocycles. The van der Waals surface area contributed by atoms with Crippen molar-refractivity contribution in [3.8, 4) is 5.75 Å². The number of nitrogens with one attached hydrogen (secondary N) is 1. The summed E-state index contributed by atoms with van der Waals surface area (Å²) in [5.74, 6) is 2.09. The van der Waals surface area contributed by atoms with Crippen LogP contribution in [0.25, 0.3) is 0 Å². The van der Waals surface area contributed by atoms with Gasteiger partial charge in [-0.2, -0.15) is 0 Å². The van der Waals surface area contributed by atoms with Crippen LogP contribution in [-0.2, 0) is 0 Å². The Morgan fingerprint density at radius 1 is 0.952 bits per heavy atom. The maximum atomic E-state index is 6.17. The van der Waals surface area contributed by atoms with Crippen LogP contribution in [-0.4, -0.2) is 19.2 Å². The van der Waals surface area contributed by atoms with Gasteiger partial charge in [-0.15, -0.1) is 0 Å². The maximum Gasteiger partial charge on any atom is 0.126 e. The van der Waals surface area contributed by atoms with E-state index < -0.39 is 0 Å². The van der Waals surface area contributed by atoms with E-state index >= 15 is 0 Å². The molecule has 0 fully saturated rings. The molecule has 21 heavy (non-hydrogen) atoms. The zero-order valence-corrected chi connectivity index (χ0v) is 14.7. The molecule has 0 saturated heterocycles. The first kappa shape index (κ1) is 18.0. The van der Waals surface area contributed by atoms with Crippen molar-refractivity contribution >= 4 is 0 Å². The van der Waals surface area contributed by atoms with E-state index in [4.69, 9.17) is 4.74 Å². The highest BCUT2D eigenvalue weighted by molar-refractivity contribution is 5.44. The monoisotopic (exact) mass is 291 g/mol. The van der Waals surface area contributed by atoms with E-state index in [-0.39, 0.29) is 0 Å². The van der Waals surface area contributed by atoms with Gasteiger partial charge in [-0.05, 0) is 35.8 Å². The van der Waals surface area contributed by atoms with Gasteiger partial charge in [0.25, 0.3) is 0 Å². The van der Waals surface area contributed by atoms with E-state index in [0.717, 1.165) is 18.9 Å². The molecule has 120 valence electrons. The summed E-state index contributed by atoms with van der Waals surface area (Å²) in [7, 11) is 0. The number of hydrogen-bond donors (Lipinski definition) is 1. The van der Waals surface area contributed by atoms with Gasteiger partial charge < -0.3 is 10.1 Å². The quantitative estimate of drug-likeness (QED) is 0.640. The largest absolute Gasteiger partial charge is 0.492 e. The summed E-state index contributed by atoms with van der Waals surface area (Å²) in [6.45, 7) is 15.0. The molecule has 0 atom stereocenters. The van der Waals surface area contributed by atoms with Crippen molar-refractivity contribution in [2.24, 2.45) is 0 Å². The first-order valence-corrected chi connectivity index (χ1v) is 8.50. The van der Waals surface area contributed by atoms with E-state index in [1.807, 2.05) is 0 Å². The fraction of sp³-hybridized carbons (Fsp3) is 0.684. The lowest BCUT2D eigenvalue weighted by atomic mass is 9.94. The summed E-state index contributed by atoms with van der Waals surface area (Å²) in [4.78, 5) is 0. The third-order valence-corrected chi connectivity index (χ3v) is 4.09. The van der Waals surface area contributed by atoms with E-state index in [9.17, 15) is 0 Å². The SMILES string of the molecule is CCC(CC)NCCOc1c(C(C)C)cccc1C(C)C.